The summed E-state index contributed by atoms with van der Waals surface area (Å²) in [6.45, 7) is 0.448. The third kappa shape index (κ3) is 2.87. The molecule has 0 saturated heterocycles. The van der Waals surface area contributed by atoms with E-state index in [1.54, 1.807) is 6.20 Å². The van der Waals surface area contributed by atoms with Crippen molar-refractivity contribution in [3.8, 4) is 0 Å². The van der Waals surface area contributed by atoms with E-state index in [1.165, 1.54) is 0 Å². The number of halogens is 1. The van der Waals surface area contributed by atoms with Crippen LogP contribution in [0.15, 0.2) is 12.3 Å². The van der Waals surface area contributed by atoms with Gasteiger partial charge in [0.2, 0.25) is 0 Å². The molecule has 1 atom stereocenters. The molecule has 11 heavy (non-hydrogen) atoms. The fourth-order valence-corrected chi connectivity index (χ4v) is 1.25. The van der Waals surface area contributed by atoms with Crippen molar-refractivity contribution in [3.05, 3.63) is 18.0 Å². The van der Waals surface area contributed by atoms with Gasteiger partial charge in [-0.15, -0.1) is 0 Å². The quantitative estimate of drug-likeness (QED) is 0.500. The van der Waals surface area contributed by atoms with Gasteiger partial charge in [-0.1, -0.05) is 0 Å². The highest BCUT2D eigenvalue weighted by atomic mass is 127. The Hall–Kier alpha value is -0.590. The van der Waals surface area contributed by atoms with Crippen LogP contribution in [-0.4, -0.2) is 20.8 Å². The molecule has 1 N–H and O–H groups in total. The van der Waals surface area contributed by atoms with Gasteiger partial charge in [0.05, 0.1) is 5.69 Å². The Morgan fingerprint density at radius 2 is 2.73 bits per heavy atom. The van der Waals surface area contributed by atoms with E-state index in [-0.39, 0.29) is 4.11 Å². The van der Waals surface area contributed by atoms with Gasteiger partial charge in [0, 0.05) is 12.6 Å². The molecular formula is C6H7IN2O2. The number of aromatic nitrogens is 2. The van der Waals surface area contributed by atoms with Crippen molar-refractivity contribution in [2.45, 2.75) is 10.5 Å². The Balaban J connectivity index is 2.37. The Morgan fingerprint density at radius 1 is 1.91 bits per heavy atom. The van der Waals surface area contributed by atoms with Crippen LogP contribution in [0.4, 0.5) is 0 Å². The van der Waals surface area contributed by atoms with E-state index in [9.17, 15) is 4.79 Å². The van der Waals surface area contributed by atoms with Gasteiger partial charge in [-0.25, -0.2) is 0 Å². The van der Waals surface area contributed by atoms with Crippen LogP contribution in [0.1, 0.15) is 5.69 Å². The molecule has 0 aromatic carbocycles. The van der Waals surface area contributed by atoms with Crippen molar-refractivity contribution in [1.29, 1.82) is 0 Å². The molecule has 0 radical (unpaired) electrons. The van der Waals surface area contributed by atoms with Gasteiger partial charge in [-0.2, -0.15) is 5.10 Å². The van der Waals surface area contributed by atoms with Crippen LogP contribution in [-0.2, 0) is 16.0 Å². The first-order chi connectivity index (χ1) is 5.33. The Labute approximate surface area is 77.5 Å². The first kappa shape index (κ1) is 8.51. The number of nitrogens with one attached hydrogen (secondary N) is 1. The number of rotatable bonds is 4. The van der Waals surface area contributed by atoms with Crippen LogP contribution in [0.2, 0.25) is 0 Å². The number of carbonyl (C=O) groups is 1. The molecule has 0 saturated carbocycles. The summed E-state index contributed by atoms with van der Waals surface area (Å²) < 4.78 is 4.54. The lowest BCUT2D eigenvalue weighted by Gasteiger charge is -2.03. The summed E-state index contributed by atoms with van der Waals surface area (Å²) in [6, 6.07) is 1.85. The van der Waals surface area contributed by atoms with E-state index in [0.29, 0.717) is 12.9 Å². The first-order valence-corrected chi connectivity index (χ1v) is 4.29. The van der Waals surface area contributed by atoms with Crippen LogP contribution < -0.4 is 0 Å². The average molecular weight is 266 g/mol. The predicted octanol–water partition coefficient (Wildman–Crippen LogP) is 0.886. The van der Waals surface area contributed by atoms with Crippen molar-refractivity contribution >= 4 is 29.1 Å². The molecule has 1 aromatic heterocycles. The van der Waals surface area contributed by atoms with Crippen molar-refractivity contribution in [2.24, 2.45) is 0 Å². The lowest BCUT2D eigenvalue weighted by Crippen LogP contribution is -2.06. The number of ether oxygens (including phenoxy) is 1. The Bertz CT molecular complexity index is 212. The molecular weight excluding hydrogens is 259 g/mol. The minimum atomic E-state index is -0.131. The zero-order chi connectivity index (χ0) is 8.10. The molecule has 60 valence electrons. The smallest absolute Gasteiger partial charge is 0.294 e. The Kier molecular flexibility index (Phi) is 3.34. The summed E-state index contributed by atoms with van der Waals surface area (Å²) in [5.74, 6) is 0. The number of nitrogens with zero attached hydrogens (tertiary/aromatic N) is 1. The second-order valence-electron chi connectivity index (χ2n) is 1.91. The summed E-state index contributed by atoms with van der Waals surface area (Å²) in [5, 5.41) is 6.59. The summed E-state index contributed by atoms with van der Waals surface area (Å²) in [5.41, 5.74) is 0.895. The highest BCUT2D eigenvalue weighted by Gasteiger charge is 2.05. The lowest BCUT2D eigenvalue weighted by molar-refractivity contribution is -0.129. The monoisotopic (exact) mass is 266 g/mol. The van der Waals surface area contributed by atoms with E-state index >= 15 is 0 Å². The summed E-state index contributed by atoms with van der Waals surface area (Å²) in [7, 11) is 0. The zero-order valence-electron chi connectivity index (χ0n) is 5.66. The zero-order valence-corrected chi connectivity index (χ0v) is 7.82. The van der Waals surface area contributed by atoms with Gasteiger partial charge >= 0.3 is 0 Å². The molecule has 5 heteroatoms. The normalized spacial score (nSPS) is 12.5. The second kappa shape index (κ2) is 4.32. The lowest BCUT2D eigenvalue weighted by atomic mass is 10.3. The van der Waals surface area contributed by atoms with Crippen molar-refractivity contribution < 1.29 is 9.53 Å². The average Bonchev–Trinajstić information content (AvgIpc) is 2.40. The third-order valence-corrected chi connectivity index (χ3v) is 1.87. The molecule has 0 aliphatic heterocycles. The molecule has 0 spiro atoms. The highest BCUT2D eigenvalue weighted by molar-refractivity contribution is 14.1. The topological polar surface area (TPSA) is 55.0 Å². The molecule has 0 aliphatic rings. The molecule has 0 fully saturated rings. The van der Waals surface area contributed by atoms with E-state index in [0.717, 1.165) is 5.69 Å². The maximum atomic E-state index is 9.89. The molecule has 1 heterocycles. The number of hydrogen-bond acceptors (Lipinski definition) is 3. The predicted molar refractivity (Wildman–Crippen MR) is 47.2 cm³/mol. The standard InChI is InChI=1S/C6H7IN2O2/c7-6(11-4-10)3-5-1-2-8-9-5/h1-2,4,6H,3H2,(H,8,9). The van der Waals surface area contributed by atoms with Gasteiger partial charge in [-0.05, 0) is 28.7 Å². The summed E-state index contributed by atoms with van der Waals surface area (Å²) in [6.07, 6.45) is 2.38. The van der Waals surface area contributed by atoms with E-state index < -0.39 is 0 Å². The van der Waals surface area contributed by atoms with Gasteiger partial charge < -0.3 is 4.74 Å². The molecule has 0 bridgehead atoms. The van der Waals surface area contributed by atoms with Crippen LogP contribution in [0.5, 0.6) is 0 Å². The SMILES string of the molecule is O=COC(I)Cc1cc[nH]n1. The maximum absolute atomic E-state index is 9.89. The van der Waals surface area contributed by atoms with E-state index in [2.05, 4.69) is 14.9 Å². The van der Waals surface area contributed by atoms with Gasteiger partial charge in [-0.3, -0.25) is 9.89 Å². The van der Waals surface area contributed by atoms with Gasteiger partial charge in [0.1, 0.15) is 0 Å². The number of aromatic amines is 1. The van der Waals surface area contributed by atoms with E-state index in [4.69, 9.17) is 0 Å². The van der Waals surface area contributed by atoms with Gasteiger partial charge in [0.25, 0.3) is 6.47 Å². The molecule has 4 nitrogen and oxygen atoms in total. The largest absolute Gasteiger partial charge is 0.453 e. The highest BCUT2D eigenvalue weighted by Crippen LogP contribution is 2.07. The van der Waals surface area contributed by atoms with Crippen molar-refractivity contribution in [3.63, 3.8) is 0 Å². The van der Waals surface area contributed by atoms with Crippen LogP contribution in [0.3, 0.4) is 0 Å². The number of carbonyl (C=O) groups excluding carboxylic acids is 1. The fourth-order valence-electron chi connectivity index (χ4n) is 0.677. The number of H-pyrrole nitrogens is 1. The Morgan fingerprint density at radius 3 is 3.27 bits per heavy atom. The van der Waals surface area contributed by atoms with Crippen molar-refractivity contribution in [1.82, 2.24) is 10.2 Å². The van der Waals surface area contributed by atoms with Crippen LogP contribution >= 0.6 is 22.6 Å². The van der Waals surface area contributed by atoms with E-state index in [1.807, 2.05) is 28.7 Å². The molecule has 0 amide bonds. The molecule has 1 rings (SSSR count). The maximum Gasteiger partial charge on any atom is 0.294 e. The second-order valence-corrected chi connectivity index (χ2v) is 3.30. The van der Waals surface area contributed by atoms with Crippen LogP contribution in [0.25, 0.3) is 0 Å². The number of hydrogen-bond donors (Lipinski definition) is 1. The summed E-state index contributed by atoms with van der Waals surface area (Å²) in [4.78, 5) is 9.89. The summed E-state index contributed by atoms with van der Waals surface area (Å²) >= 11 is 2.04. The van der Waals surface area contributed by atoms with Crippen molar-refractivity contribution in [2.75, 3.05) is 0 Å². The first-order valence-electron chi connectivity index (χ1n) is 3.05. The van der Waals surface area contributed by atoms with Crippen LogP contribution in [0, 0.1) is 0 Å². The number of alkyl halides is 1. The molecule has 1 unspecified atom stereocenters. The minimum Gasteiger partial charge on any atom is -0.453 e. The van der Waals surface area contributed by atoms with Gasteiger partial charge in [0.15, 0.2) is 4.11 Å². The minimum absolute atomic E-state index is 0.131. The fraction of sp³-hybridized carbons (Fsp3) is 0.333. The molecule has 1 aromatic rings. The molecule has 0 aliphatic carbocycles. The third-order valence-electron chi connectivity index (χ3n) is 1.13.